The van der Waals surface area contributed by atoms with Crippen LogP contribution in [0, 0.1) is 10.5 Å². The molecule has 2 aromatic rings. The van der Waals surface area contributed by atoms with Crippen molar-refractivity contribution in [2.75, 3.05) is 11.9 Å². The molecule has 2 rings (SSSR count). The van der Waals surface area contributed by atoms with E-state index in [9.17, 15) is 4.79 Å². The summed E-state index contributed by atoms with van der Waals surface area (Å²) in [5.74, 6) is 0.542. The number of para-hydroxylation sites is 1. The minimum Gasteiger partial charge on any atom is -0.484 e. The van der Waals surface area contributed by atoms with E-state index < -0.39 is 0 Å². The molecule has 0 saturated heterocycles. The van der Waals surface area contributed by atoms with E-state index in [4.69, 9.17) is 4.74 Å². The molecule has 98 valence electrons. The van der Waals surface area contributed by atoms with Crippen molar-refractivity contribution in [1.29, 1.82) is 0 Å². The highest BCUT2D eigenvalue weighted by Crippen LogP contribution is 2.15. The molecule has 0 unspecified atom stereocenters. The van der Waals surface area contributed by atoms with Gasteiger partial charge in [0.1, 0.15) is 5.75 Å². The van der Waals surface area contributed by atoms with Gasteiger partial charge in [-0.25, -0.2) is 0 Å². The molecule has 1 amide bonds. The summed E-state index contributed by atoms with van der Waals surface area (Å²) in [5, 5.41) is 2.83. The lowest BCUT2D eigenvalue weighted by Crippen LogP contribution is -2.20. The maximum absolute atomic E-state index is 11.8. The van der Waals surface area contributed by atoms with E-state index in [1.54, 1.807) is 0 Å². The Labute approximate surface area is 126 Å². The molecule has 2 aromatic carbocycles. The van der Waals surface area contributed by atoms with Gasteiger partial charge < -0.3 is 10.1 Å². The molecular weight excluding hydrogens is 353 g/mol. The van der Waals surface area contributed by atoms with Crippen molar-refractivity contribution >= 4 is 34.2 Å². The number of carbonyl (C=O) groups is 1. The predicted octanol–water partition coefficient (Wildman–Crippen LogP) is 3.62. The fourth-order valence-electron chi connectivity index (χ4n) is 1.61. The highest BCUT2D eigenvalue weighted by molar-refractivity contribution is 14.1. The number of ether oxygens (including phenoxy) is 1. The summed E-state index contributed by atoms with van der Waals surface area (Å²) in [4.78, 5) is 11.8. The number of hydrogen-bond acceptors (Lipinski definition) is 2. The van der Waals surface area contributed by atoms with E-state index in [1.165, 1.54) is 0 Å². The van der Waals surface area contributed by atoms with Gasteiger partial charge in [-0.1, -0.05) is 24.3 Å². The third-order valence-corrected chi connectivity index (χ3v) is 3.26. The molecule has 0 spiro atoms. The summed E-state index contributed by atoms with van der Waals surface area (Å²) in [6.45, 7) is 1.96. The lowest BCUT2D eigenvalue weighted by Gasteiger charge is -2.09. The number of carbonyl (C=O) groups excluding carboxylic acids is 1. The van der Waals surface area contributed by atoms with E-state index in [0.717, 1.165) is 14.8 Å². The summed E-state index contributed by atoms with van der Waals surface area (Å²) in [6.07, 6.45) is 0. The normalized spacial score (nSPS) is 10.0. The SMILES string of the molecule is Cc1ccccc1NC(=O)COc1cccc(I)c1. The first-order valence-electron chi connectivity index (χ1n) is 5.89. The second-order valence-electron chi connectivity index (χ2n) is 4.11. The van der Waals surface area contributed by atoms with Crippen LogP contribution in [0.15, 0.2) is 48.5 Å². The summed E-state index contributed by atoms with van der Waals surface area (Å²) >= 11 is 2.20. The molecule has 1 N–H and O–H groups in total. The largest absolute Gasteiger partial charge is 0.484 e. The zero-order valence-electron chi connectivity index (χ0n) is 10.5. The Morgan fingerprint density at radius 2 is 2.00 bits per heavy atom. The average molecular weight is 367 g/mol. The smallest absolute Gasteiger partial charge is 0.262 e. The minimum atomic E-state index is -0.159. The molecule has 0 aliphatic carbocycles. The number of aryl methyl sites for hydroxylation is 1. The van der Waals surface area contributed by atoms with Crippen LogP contribution in [0.5, 0.6) is 5.75 Å². The Kier molecular flexibility index (Phi) is 4.79. The highest BCUT2D eigenvalue weighted by Gasteiger charge is 2.05. The van der Waals surface area contributed by atoms with Crippen LogP contribution in [-0.4, -0.2) is 12.5 Å². The van der Waals surface area contributed by atoms with Crippen LogP contribution in [-0.2, 0) is 4.79 Å². The van der Waals surface area contributed by atoms with Crippen molar-refractivity contribution in [2.24, 2.45) is 0 Å². The van der Waals surface area contributed by atoms with Gasteiger partial charge in [-0.05, 0) is 59.3 Å². The molecule has 19 heavy (non-hydrogen) atoms. The molecule has 0 saturated carbocycles. The van der Waals surface area contributed by atoms with Crippen molar-refractivity contribution < 1.29 is 9.53 Å². The van der Waals surface area contributed by atoms with E-state index in [2.05, 4.69) is 27.9 Å². The number of benzene rings is 2. The Hall–Kier alpha value is -1.56. The number of amides is 1. The zero-order chi connectivity index (χ0) is 13.7. The van der Waals surface area contributed by atoms with Gasteiger partial charge in [0.2, 0.25) is 0 Å². The second kappa shape index (κ2) is 6.56. The van der Waals surface area contributed by atoms with Crippen LogP contribution in [0.3, 0.4) is 0 Å². The van der Waals surface area contributed by atoms with Crippen LogP contribution >= 0.6 is 22.6 Å². The molecular formula is C15H14INO2. The predicted molar refractivity (Wildman–Crippen MR) is 84.5 cm³/mol. The summed E-state index contributed by atoms with van der Waals surface area (Å²) in [7, 11) is 0. The standard InChI is InChI=1S/C15H14INO2/c1-11-5-2-3-8-14(11)17-15(18)10-19-13-7-4-6-12(16)9-13/h2-9H,10H2,1H3,(H,17,18). The van der Waals surface area contributed by atoms with Crippen LogP contribution in [0.4, 0.5) is 5.69 Å². The first kappa shape index (κ1) is 13.9. The molecule has 0 aromatic heterocycles. The van der Waals surface area contributed by atoms with Crippen molar-refractivity contribution in [1.82, 2.24) is 0 Å². The Balaban J connectivity index is 1.90. The van der Waals surface area contributed by atoms with Crippen molar-refractivity contribution in [3.63, 3.8) is 0 Å². The van der Waals surface area contributed by atoms with E-state index in [0.29, 0.717) is 5.75 Å². The van der Waals surface area contributed by atoms with Gasteiger partial charge in [0, 0.05) is 9.26 Å². The lowest BCUT2D eigenvalue weighted by atomic mass is 10.2. The number of anilines is 1. The molecule has 0 aliphatic rings. The van der Waals surface area contributed by atoms with Crippen LogP contribution < -0.4 is 10.1 Å². The molecule has 0 fully saturated rings. The third-order valence-electron chi connectivity index (χ3n) is 2.59. The van der Waals surface area contributed by atoms with Crippen molar-refractivity contribution in [3.05, 3.63) is 57.7 Å². The Morgan fingerprint density at radius 3 is 2.74 bits per heavy atom. The monoisotopic (exact) mass is 367 g/mol. The van der Waals surface area contributed by atoms with E-state index in [-0.39, 0.29) is 12.5 Å². The van der Waals surface area contributed by atoms with Crippen LogP contribution in [0.2, 0.25) is 0 Å². The van der Waals surface area contributed by atoms with Gasteiger partial charge in [0.25, 0.3) is 5.91 Å². The lowest BCUT2D eigenvalue weighted by molar-refractivity contribution is -0.118. The summed E-state index contributed by atoms with van der Waals surface area (Å²) < 4.78 is 6.52. The maximum atomic E-state index is 11.8. The first-order valence-corrected chi connectivity index (χ1v) is 6.97. The molecule has 0 aliphatic heterocycles. The Bertz CT molecular complexity index is 584. The zero-order valence-corrected chi connectivity index (χ0v) is 12.7. The number of nitrogens with one attached hydrogen (secondary N) is 1. The average Bonchev–Trinajstić information content (AvgIpc) is 2.39. The summed E-state index contributed by atoms with van der Waals surface area (Å²) in [5.41, 5.74) is 1.85. The quantitative estimate of drug-likeness (QED) is 0.839. The van der Waals surface area contributed by atoms with Gasteiger partial charge in [-0.15, -0.1) is 0 Å². The highest BCUT2D eigenvalue weighted by atomic mass is 127. The second-order valence-corrected chi connectivity index (χ2v) is 5.35. The maximum Gasteiger partial charge on any atom is 0.262 e. The summed E-state index contributed by atoms with van der Waals surface area (Å²) in [6, 6.07) is 15.3. The third kappa shape index (κ3) is 4.24. The first-order chi connectivity index (χ1) is 9.15. The molecule has 0 radical (unpaired) electrons. The van der Waals surface area contributed by atoms with Gasteiger partial charge in [-0.2, -0.15) is 0 Å². The minimum absolute atomic E-state index is 0.00836. The van der Waals surface area contributed by atoms with Gasteiger partial charge in [0.05, 0.1) is 0 Å². The van der Waals surface area contributed by atoms with Crippen LogP contribution in [0.25, 0.3) is 0 Å². The Morgan fingerprint density at radius 1 is 1.21 bits per heavy atom. The number of halogens is 1. The van der Waals surface area contributed by atoms with Gasteiger partial charge in [0.15, 0.2) is 6.61 Å². The van der Waals surface area contributed by atoms with Crippen molar-refractivity contribution in [3.8, 4) is 5.75 Å². The molecule has 3 nitrogen and oxygen atoms in total. The molecule has 0 heterocycles. The van der Waals surface area contributed by atoms with Crippen LogP contribution in [0.1, 0.15) is 5.56 Å². The fourth-order valence-corrected chi connectivity index (χ4v) is 2.12. The van der Waals surface area contributed by atoms with E-state index >= 15 is 0 Å². The fraction of sp³-hybridized carbons (Fsp3) is 0.133. The van der Waals surface area contributed by atoms with Gasteiger partial charge in [-0.3, -0.25) is 4.79 Å². The van der Waals surface area contributed by atoms with Crippen molar-refractivity contribution in [2.45, 2.75) is 6.92 Å². The van der Waals surface area contributed by atoms with E-state index in [1.807, 2.05) is 55.5 Å². The topological polar surface area (TPSA) is 38.3 Å². The molecule has 0 bridgehead atoms. The molecule has 0 atom stereocenters. The molecule has 4 heteroatoms. The number of rotatable bonds is 4. The van der Waals surface area contributed by atoms with Gasteiger partial charge >= 0.3 is 0 Å². The number of hydrogen-bond donors (Lipinski definition) is 1.